The Labute approximate surface area is 117 Å². The van der Waals surface area contributed by atoms with Crippen LogP contribution >= 0.6 is 11.6 Å². The first kappa shape index (κ1) is 13.7. The molecule has 2 rings (SSSR count). The molecule has 0 aliphatic heterocycles. The summed E-state index contributed by atoms with van der Waals surface area (Å²) >= 11 is 5.86. The van der Waals surface area contributed by atoms with Gasteiger partial charge in [0.25, 0.3) is 0 Å². The molecule has 2 aromatic carbocycles. The van der Waals surface area contributed by atoms with Gasteiger partial charge in [-0.15, -0.1) is 0 Å². The Hall–Kier alpha value is -1.74. The van der Waals surface area contributed by atoms with Crippen molar-refractivity contribution in [2.24, 2.45) is 0 Å². The highest BCUT2D eigenvalue weighted by molar-refractivity contribution is 6.30. The topological polar surface area (TPSA) is 21.3 Å². The lowest BCUT2D eigenvalue weighted by Gasteiger charge is -2.12. The van der Waals surface area contributed by atoms with Crippen molar-refractivity contribution in [3.8, 4) is 5.75 Å². The van der Waals surface area contributed by atoms with Crippen molar-refractivity contribution < 1.29 is 9.13 Å². The van der Waals surface area contributed by atoms with Crippen LogP contribution in [0.25, 0.3) is 0 Å². The highest BCUT2D eigenvalue weighted by atomic mass is 35.5. The molecule has 0 unspecified atom stereocenters. The fourth-order valence-electron chi connectivity index (χ4n) is 1.81. The average Bonchev–Trinajstić information content (AvgIpc) is 2.40. The minimum absolute atomic E-state index is 0.275. The zero-order valence-electron chi connectivity index (χ0n) is 10.8. The molecular weight excluding hydrogens is 265 g/mol. The van der Waals surface area contributed by atoms with Gasteiger partial charge in [-0.2, -0.15) is 0 Å². The first-order valence-electron chi connectivity index (χ1n) is 5.92. The van der Waals surface area contributed by atoms with Gasteiger partial charge in [-0.05, 0) is 42.8 Å². The first-order chi connectivity index (χ1) is 9.10. The van der Waals surface area contributed by atoms with Gasteiger partial charge in [-0.1, -0.05) is 17.7 Å². The quantitative estimate of drug-likeness (QED) is 0.895. The van der Waals surface area contributed by atoms with E-state index in [1.54, 1.807) is 13.2 Å². The molecule has 2 nitrogen and oxygen atoms in total. The molecule has 0 aromatic heterocycles. The van der Waals surface area contributed by atoms with Gasteiger partial charge in [-0.3, -0.25) is 0 Å². The summed E-state index contributed by atoms with van der Waals surface area (Å²) in [6.45, 7) is 2.34. The Kier molecular flexibility index (Phi) is 4.27. The summed E-state index contributed by atoms with van der Waals surface area (Å²) in [4.78, 5) is 0. The third-order valence-corrected chi connectivity index (χ3v) is 3.07. The molecule has 19 heavy (non-hydrogen) atoms. The van der Waals surface area contributed by atoms with Crippen molar-refractivity contribution in [1.82, 2.24) is 0 Å². The summed E-state index contributed by atoms with van der Waals surface area (Å²) in [6, 6.07) is 10.3. The lowest BCUT2D eigenvalue weighted by atomic mass is 10.2. The van der Waals surface area contributed by atoms with Gasteiger partial charge >= 0.3 is 0 Å². The van der Waals surface area contributed by atoms with Crippen molar-refractivity contribution in [3.05, 3.63) is 58.4 Å². The molecule has 0 heterocycles. The summed E-state index contributed by atoms with van der Waals surface area (Å²) in [5.41, 5.74) is 2.46. The molecule has 0 spiro atoms. The third-order valence-electron chi connectivity index (χ3n) is 2.83. The van der Waals surface area contributed by atoms with E-state index in [-0.39, 0.29) is 5.82 Å². The van der Waals surface area contributed by atoms with E-state index >= 15 is 0 Å². The van der Waals surface area contributed by atoms with Crippen molar-refractivity contribution in [1.29, 1.82) is 0 Å². The molecule has 2 aromatic rings. The minimum Gasteiger partial charge on any atom is -0.495 e. The SMILES string of the molecule is COc1cc(C)ccc1NCc1cc(Cl)ccc1F. The van der Waals surface area contributed by atoms with Crippen LogP contribution in [0, 0.1) is 12.7 Å². The number of anilines is 1. The fraction of sp³-hybridized carbons (Fsp3) is 0.200. The smallest absolute Gasteiger partial charge is 0.142 e. The Morgan fingerprint density at radius 3 is 2.74 bits per heavy atom. The van der Waals surface area contributed by atoms with Crippen molar-refractivity contribution in [3.63, 3.8) is 0 Å². The molecule has 0 atom stereocenters. The van der Waals surface area contributed by atoms with Gasteiger partial charge in [-0.25, -0.2) is 4.39 Å². The maximum atomic E-state index is 13.6. The van der Waals surface area contributed by atoms with Gasteiger partial charge in [0.05, 0.1) is 12.8 Å². The van der Waals surface area contributed by atoms with Gasteiger partial charge in [0.1, 0.15) is 11.6 Å². The van der Waals surface area contributed by atoms with Crippen LogP contribution in [0.3, 0.4) is 0 Å². The third kappa shape index (κ3) is 3.38. The lowest BCUT2D eigenvalue weighted by Crippen LogP contribution is -2.03. The van der Waals surface area contributed by atoms with Crippen molar-refractivity contribution in [2.75, 3.05) is 12.4 Å². The number of benzene rings is 2. The average molecular weight is 280 g/mol. The molecule has 0 fully saturated rings. The van der Waals surface area contributed by atoms with E-state index in [2.05, 4.69) is 5.32 Å². The Morgan fingerprint density at radius 1 is 1.21 bits per heavy atom. The number of hydrogen-bond acceptors (Lipinski definition) is 2. The second-order valence-electron chi connectivity index (χ2n) is 4.29. The molecule has 100 valence electrons. The van der Waals surface area contributed by atoms with Crippen LogP contribution in [-0.4, -0.2) is 7.11 Å². The lowest BCUT2D eigenvalue weighted by molar-refractivity contribution is 0.416. The fourth-order valence-corrected chi connectivity index (χ4v) is 2.01. The largest absolute Gasteiger partial charge is 0.495 e. The molecule has 0 bridgehead atoms. The molecule has 0 radical (unpaired) electrons. The van der Waals surface area contributed by atoms with Gasteiger partial charge in [0.2, 0.25) is 0 Å². The number of hydrogen-bond donors (Lipinski definition) is 1. The standard InChI is InChI=1S/C15H15ClFNO/c1-10-3-6-14(15(7-10)19-2)18-9-11-8-12(16)4-5-13(11)17/h3-8,18H,9H2,1-2H3. The highest BCUT2D eigenvalue weighted by Gasteiger charge is 2.06. The van der Waals surface area contributed by atoms with E-state index in [9.17, 15) is 4.39 Å². The molecule has 0 saturated heterocycles. The van der Waals surface area contributed by atoms with Crippen molar-refractivity contribution >= 4 is 17.3 Å². The van der Waals surface area contributed by atoms with Crippen LogP contribution in [0.1, 0.15) is 11.1 Å². The van der Waals surface area contributed by atoms with Crippen LogP contribution in [0.2, 0.25) is 5.02 Å². The van der Waals surface area contributed by atoms with Crippen LogP contribution in [-0.2, 0) is 6.54 Å². The predicted octanol–water partition coefficient (Wildman–Crippen LogP) is 4.41. The van der Waals surface area contributed by atoms with E-state index in [0.29, 0.717) is 17.1 Å². The van der Waals surface area contributed by atoms with Gasteiger partial charge in [0.15, 0.2) is 0 Å². The van der Waals surface area contributed by atoms with E-state index in [1.165, 1.54) is 12.1 Å². The minimum atomic E-state index is -0.275. The normalized spacial score (nSPS) is 10.3. The van der Waals surface area contributed by atoms with Crippen molar-refractivity contribution in [2.45, 2.75) is 13.5 Å². The molecule has 0 aliphatic rings. The maximum Gasteiger partial charge on any atom is 0.142 e. The maximum absolute atomic E-state index is 13.6. The zero-order valence-corrected chi connectivity index (χ0v) is 11.6. The predicted molar refractivity (Wildman–Crippen MR) is 76.5 cm³/mol. The number of rotatable bonds is 4. The van der Waals surface area contributed by atoms with E-state index in [4.69, 9.17) is 16.3 Å². The van der Waals surface area contributed by atoms with Crippen LogP contribution < -0.4 is 10.1 Å². The first-order valence-corrected chi connectivity index (χ1v) is 6.30. The summed E-state index contributed by atoms with van der Waals surface area (Å²) in [6.07, 6.45) is 0. The summed E-state index contributed by atoms with van der Waals surface area (Å²) in [5.74, 6) is 0.463. The summed E-state index contributed by atoms with van der Waals surface area (Å²) in [5, 5.41) is 3.67. The molecule has 0 saturated carbocycles. The van der Waals surface area contributed by atoms with E-state index in [1.807, 2.05) is 25.1 Å². The number of aryl methyl sites for hydroxylation is 1. The molecule has 0 aliphatic carbocycles. The molecule has 0 amide bonds. The Bertz CT molecular complexity index is 586. The summed E-state index contributed by atoms with van der Waals surface area (Å²) < 4.78 is 18.9. The number of halogens is 2. The number of methoxy groups -OCH3 is 1. The van der Waals surface area contributed by atoms with E-state index < -0.39 is 0 Å². The second kappa shape index (κ2) is 5.93. The monoisotopic (exact) mass is 279 g/mol. The number of nitrogens with one attached hydrogen (secondary N) is 1. The second-order valence-corrected chi connectivity index (χ2v) is 4.73. The Morgan fingerprint density at radius 2 is 2.00 bits per heavy atom. The van der Waals surface area contributed by atoms with E-state index in [0.717, 1.165) is 17.0 Å². The van der Waals surface area contributed by atoms with Gasteiger partial charge < -0.3 is 10.1 Å². The van der Waals surface area contributed by atoms with Crippen LogP contribution in [0.15, 0.2) is 36.4 Å². The molecular formula is C15H15ClFNO. The highest BCUT2D eigenvalue weighted by Crippen LogP contribution is 2.26. The summed E-state index contributed by atoms with van der Waals surface area (Å²) in [7, 11) is 1.61. The van der Waals surface area contributed by atoms with Crippen LogP contribution in [0.5, 0.6) is 5.75 Å². The molecule has 4 heteroatoms. The number of ether oxygens (including phenoxy) is 1. The van der Waals surface area contributed by atoms with Gasteiger partial charge in [0, 0.05) is 17.1 Å². The molecule has 1 N–H and O–H groups in total. The zero-order chi connectivity index (χ0) is 13.8. The Balaban J connectivity index is 2.16. The van der Waals surface area contributed by atoms with Crippen LogP contribution in [0.4, 0.5) is 10.1 Å².